The monoisotopic (exact) mass is 256 g/mol. The van der Waals surface area contributed by atoms with Gasteiger partial charge >= 0.3 is 0 Å². The van der Waals surface area contributed by atoms with Crippen LogP contribution in [0.25, 0.3) is 0 Å². The summed E-state index contributed by atoms with van der Waals surface area (Å²) in [5.41, 5.74) is 7.57. The van der Waals surface area contributed by atoms with Crippen LogP contribution in [-0.4, -0.2) is 29.5 Å². The molecule has 1 heterocycles. The molecule has 4 heteroatoms. The fraction of sp³-hybridized carbons (Fsp3) is 0.500. The second kappa shape index (κ2) is 5.30. The van der Waals surface area contributed by atoms with Crippen molar-refractivity contribution < 1.29 is 0 Å². The van der Waals surface area contributed by atoms with Gasteiger partial charge in [0.1, 0.15) is 0 Å². The number of thioether (sulfide) groups is 1. The van der Waals surface area contributed by atoms with Gasteiger partial charge in [0.25, 0.3) is 0 Å². The molecule has 1 saturated heterocycles. The molecule has 0 aliphatic carbocycles. The molecule has 1 fully saturated rings. The van der Waals surface area contributed by atoms with Gasteiger partial charge in [-0.25, -0.2) is 0 Å². The molecule has 1 unspecified atom stereocenters. The summed E-state index contributed by atoms with van der Waals surface area (Å²) in [5.74, 6) is 2.52. The third-order valence-electron chi connectivity index (χ3n) is 3.03. The van der Waals surface area contributed by atoms with Crippen molar-refractivity contribution in [3.05, 3.63) is 28.8 Å². The van der Waals surface area contributed by atoms with Crippen molar-refractivity contribution in [3.63, 3.8) is 0 Å². The first-order chi connectivity index (χ1) is 7.66. The summed E-state index contributed by atoms with van der Waals surface area (Å²) in [6.07, 6.45) is 1.29. The van der Waals surface area contributed by atoms with Gasteiger partial charge in [-0.2, -0.15) is 11.8 Å². The number of hydrogen-bond acceptors (Lipinski definition) is 3. The maximum Gasteiger partial charge on any atom is 0.0471 e. The summed E-state index contributed by atoms with van der Waals surface area (Å²) in [5, 5.41) is 0.775. The maximum absolute atomic E-state index is 6.17. The van der Waals surface area contributed by atoms with E-state index in [1.54, 1.807) is 0 Å². The van der Waals surface area contributed by atoms with E-state index in [2.05, 4.69) is 11.9 Å². The average molecular weight is 257 g/mol. The molecule has 2 N–H and O–H groups in total. The van der Waals surface area contributed by atoms with Gasteiger partial charge < -0.3 is 5.73 Å². The highest BCUT2D eigenvalue weighted by Gasteiger charge is 2.20. The number of nitrogens with two attached hydrogens (primary N) is 1. The highest BCUT2D eigenvalue weighted by molar-refractivity contribution is 7.99. The number of benzene rings is 1. The topological polar surface area (TPSA) is 29.3 Å². The molecule has 16 heavy (non-hydrogen) atoms. The Morgan fingerprint density at radius 3 is 3.00 bits per heavy atom. The Morgan fingerprint density at radius 2 is 2.38 bits per heavy atom. The quantitative estimate of drug-likeness (QED) is 0.844. The Morgan fingerprint density at radius 1 is 1.56 bits per heavy atom. The number of halogens is 1. The smallest absolute Gasteiger partial charge is 0.0471 e. The fourth-order valence-electron chi connectivity index (χ4n) is 1.96. The van der Waals surface area contributed by atoms with Gasteiger partial charge in [0.05, 0.1) is 0 Å². The van der Waals surface area contributed by atoms with Gasteiger partial charge in [-0.1, -0.05) is 17.7 Å². The largest absolute Gasteiger partial charge is 0.399 e. The molecule has 0 bridgehead atoms. The van der Waals surface area contributed by atoms with Crippen LogP contribution in [0.15, 0.2) is 18.2 Å². The number of rotatable bonds is 3. The molecule has 0 radical (unpaired) electrons. The predicted octanol–water partition coefficient (Wildman–Crippen LogP) is 2.86. The van der Waals surface area contributed by atoms with Gasteiger partial charge in [0.2, 0.25) is 0 Å². The molecule has 1 aromatic carbocycles. The zero-order valence-electron chi connectivity index (χ0n) is 9.45. The number of nitrogen functional groups attached to an aromatic ring is 1. The van der Waals surface area contributed by atoms with Crippen LogP contribution in [0.2, 0.25) is 5.02 Å². The minimum atomic E-state index is 0.693. The Hall–Kier alpha value is -0.380. The molecule has 2 rings (SSSR count). The summed E-state index contributed by atoms with van der Waals surface area (Å²) in [6, 6.07) is 6.46. The zero-order chi connectivity index (χ0) is 11.5. The zero-order valence-corrected chi connectivity index (χ0v) is 11.0. The summed E-state index contributed by atoms with van der Waals surface area (Å²) in [7, 11) is 2.17. The summed E-state index contributed by atoms with van der Waals surface area (Å²) >= 11 is 8.20. The van der Waals surface area contributed by atoms with Crippen molar-refractivity contribution in [2.45, 2.75) is 19.0 Å². The second-order valence-corrected chi connectivity index (χ2v) is 5.84. The van der Waals surface area contributed by atoms with Crippen molar-refractivity contribution in [1.29, 1.82) is 0 Å². The van der Waals surface area contributed by atoms with E-state index in [4.69, 9.17) is 17.3 Å². The molecule has 0 amide bonds. The lowest BCUT2D eigenvalue weighted by Gasteiger charge is -2.23. The van der Waals surface area contributed by atoms with Gasteiger partial charge in [0, 0.05) is 29.0 Å². The van der Waals surface area contributed by atoms with E-state index >= 15 is 0 Å². The standard InChI is InChI=1S/C12H17ClN2S/c1-15(11-4-5-16-8-11)7-9-2-3-10(14)6-12(9)13/h2-3,6,11H,4-5,7-8,14H2,1H3. The van der Waals surface area contributed by atoms with E-state index in [1.807, 2.05) is 30.0 Å². The highest BCUT2D eigenvalue weighted by atomic mass is 35.5. The van der Waals surface area contributed by atoms with Crippen LogP contribution in [-0.2, 0) is 6.54 Å². The number of anilines is 1. The lowest BCUT2D eigenvalue weighted by atomic mass is 10.1. The van der Waals surface area contributed by atoms with Crippen LogP contribution < -0.4 is 5.73 Å². The Bertz CT molecular complexity index is 364. The van der Waals surface area contributed by atoms with Gasteiger partial charge in [-0.05, 0) is 36.9 Å². The fourth-order valence-corrected chi connectivity index (χ4v) is 3.51. The minimum absolute atomic E-state index is 0.693. The van der Waals surface area contributed by atoms with E-state index in [0.717, 1.165) is 22.8 Å². The first-order valence-electron chi connectivity index (χ1n) is 5.48. The molecule has 1 aliphatic heterocycles. The Balaban J connectivity index is 2.02. The van der Waals surface area contributed by atoms with E-state index in [1.165, 1.54) is 17.9 Å². The molecular formula is C12H17ClN2S. The predicted molar refractivity (Wildman–Crippen MR) is 73.1 cm³/mol. The first kappa shape index (κ1) is 12.1. The van der Waals surface area contributed by atoms with Crippen LogP contribution in [0.3, 0.4) is 0 Å². The molecule has 1 aliphatic rings. The Labute approximate surface area is 106 Å². The van der Waals surface area contributed by atoms with E-state index in [0.29, 0.717) is 6.04 Å². The first-order valence-corrected chi connectivity index (χ1v) is 7.02. The average Bonchev–Trinajstić information content (AvgIpc) is 2.75. The molecule has 0 spiro atoms. The van der Waals surface area contributed by atoms with E-state index in [-0.39, 0.29) is 0 Å². The third-order valence-corrected chi connectivity index (χ3v) is 4.52. The molecule has 1 aromatic rings. The summed E-state index contributed by atoms with van der Waals surface area (Å²) in [4.78, 5) is 2.39. The summed E-state index contributed by atoms with van der Waals surface area (Å²) < 4.78 is 0. The van der Waals surface area contributed by atoms with E-state index in [9.17, 15) is 0 Å². The Kier molecular flexibility index (Phi) is 4.00. The lowest BCUT2D eigenvalue weighted by Crippen LogP contribution is -2.30. The van der Waals surface area contributed by atoms with E-state index < -0.39 is 0 Å². The van der Waals surface area contributed by atoms with Crippen molar-refractivity contribution in [2.75, 3.05) is 24.3 Å². The second-order valence-electron chi connectivity index (χ2n) is 4.28. The van der Waals surface area contributed by atoms with Crippen LogP contribution in [0.1, 0.15) is 12.0 Å². The normalized spacial score (nSPS) is 20.6. The van der Waals surface area contributed by atoms with Gasteiger partial charge in [-0.3, -0.25) is 4.90 Å². The van der Waals surface area contributed by atoms with Crippen LogP contribution in [0.5, 0.6) is 0 Å². The number of hydrogen-bond donors (Lipinski definition) is 1. The molecule has 88 valence electrons. The van der Waals surface area contributed by atoms with Crippen LogP contribution in [0, 0.1) is 0 Å². The van der Waals surface area contributed by atoms with Crippen LogP contribution in [0.4, 0.5) is 5.69 Å². The van der Waals surface area contributed by atoms with Crippen LogP contribution >= 0.6 is 23.4 Å². The molecular weight excluding hydrogens is 240 g/mol. The SMILES string of the molecule is CN(Cc1ccc(N)cc1Cl)C1CCSC1. The van der Waals surface area contributed by atoms with Crippen molar-refractivity contribution >= 4 is 29.1 Å². The van der Waals surface area contributed by atoms with Crippen molar-refractivity contribution in [1.82, 2.24) is 4.90 Å². The van der Waals surface area contributed by atoms with Gasteiger partial charge in [-0.15, -0.1) is 0 Å². The van der Waals surface area contributed by atoms with Crippen molar-refractivity contribution in [3.8, 4) is 0 Å². The molecule has 0 aromatic heterocycles. The third kappa shape index (κ3) is 2.84. The number of nitrogens with zero attached hydrogens (tertiary/aromatic N) is 1. The van der Waals surface area contributed by atoms with Crippen molar-refractivity contribution in [2.24, 2.45) is 0 Å². The molecule has 1 atom stereocenters. The highest BCUT2D eigenvalue weighted by Crippen LogP contribution is 2.25. The minimum Gasteiger partial charge on any atom is -0.399 e. The van der Waals surface area contributed by atoms with Gasteiger partial charge in [0.15, 0.2) is 0 Å². The summed E-state index contributed by atoms with van der Waals surface area (Å²) in [6.45, 7) is 0.907. The lowest BCUT2D eigenvalue weighted by molar-refractivity contribution is 0.254. The molecule has 0 saturated carbocycles. The maximum atomic E-state index is 6.17. The molecule has 2 nitrogen and oxygen atoms in total.